The van der Waals surface area contributed by atoms with Crippen LogP contribution < -0.4 is 0 Å². The van der Waals surface area contributed by atoms with E-state index in [0.29, 0.717) is 10.9 Å². The van der Waals surface area contributed by atoms with E-state index in [4.69, 9.17) is 0 Å². The van der Waals surface area contributed by atoms with Crippen molar-refractivity contribution in [2.45, 2.75) is 65.2 Å². The molecule has 0 bridgehead atoms. The van der Waals surface area contributed by atoms with Crippen LogP contribution in [0.25, 0.3) is 10.8 Å². The summed E-state index contributed by atoms with van der Waals surface area (Å²) in [7, 11) is 0. The van der Waals surface area contributed by atoms with Crippen molar-refractivity contribution in [2.75, 3.05) is 0 Å². The second kappa shape index (κ2) is 10.8. The maximum absolute atomic E-state index is 14.9. The van der Waals surface area contributed by atoms with Crippen LogP contribution in [0.15, 0.2) is 54.6 Å². The fourth-order valence-electron chi connectivity index (χ4n) is 3.62. The topological polar surface area (TPSA) is 0 Å². The molecule has 3 rings (SSSR count). The van der Waals surface area contributed by atoms with Crippen LogP contribution in [-0.4, -0.2) is 0 Å². The molecule has 0 amide bonds. The van der Waals surface area contributed by atoms with E-state index in [1.54, 1.807) is 6.07 Å². The Morgan fingerprint density at radius 1 is 0.690 bits per heavy atom. The largest absolute Gasteiger partial charge is 0.205 e. The van der Waals surface area contributed by atoms with Crippen molar-refractivity contribution in [1.29, 1.82) is 0 Å². The zero-order valence-corrected chi connectivity index (χ0v) is 17.7. The molecule has 0 aliphatic carbocycles. The number of benzene rings is 3. The summed E-state index contributed by atoms with van der Waals surface area (Å²) in [6.45, 7) is 4.42. The van der Waals surface area contributed by atoms with Crippen molar-refractivity contribution in [1.82, 2.24) is 0 Å². The summed E-state index contributed by atoms with van der Waals surface area (Å²) in [5, 5.41) is 1.61. The van der Waals surface area contributed by atoms with E-state index >= 15 is 0 Å². The predicted molar refractivity (Wildman–Crippen MR) is 123 cm³/mol. The van der Waals surface area contributed by atoms with Gasteiger partial charge in [0.15, 0.2) is 0 Å². The van der Waals surface area contributed by atoms with Crippen LogP contribution >= 0.6 is 0 Å². The van der Waals surface area contributed by atoms with E-state index in [-0.39, 0.29) is 5.82 Å². The maximum atomic E-state index is 14.9. The third kappa shape index (κ3) is 5.94. The molecule has 0 saturated heterocycles. The highest BCUT2D eigenvalue weighted by Gasteiger charge is 2.06. The molecule has 3 aromatic rings. The van der Waals surface area contributed by atoms with E-state index in [1.165, 1.54) is 43.2 Å². The monoisotopic (exact) mass is 386 g/mol. The number of hydrogen-bond acceptors (Lipinski definition) is 0. The van der Waals surface area contributed by atoms with E-state index in [0.717, 1.165) is 30.2 Å². The van der Waals surface area contributed by atoms with Crippen molar-refractivity contribution in [3.8, 4) is 11.8 Å². The molecule has 0 radical (unpaired) electrons. The van der Waals surface area contributed by atoms with Gasteiger partial charge in [0.25, 0.3) is 0 Å². The average Bonchev–Trinajstić information content (AvgIpc) is 2.75. The zero-order valence-electron chi connectivity index (χ0n) is 17.7. The maximum Gasteiger partial charge on any atom is 0.146 e. The van der Waals surface area contributed by atoms with Crippen molar-refractivity contribution in [3.05, 3.63) is 82.7 Å². The van der Waals surface area contributed by atoms with Gasteiger partial charge in [0.1, 0.15) is 5.82 Å². The summed E-state index contributed by atoms with van der Waals surface area (Å²) >= 11 is 0. The minimum Gasteiger partial charge on any atom is -0.205 e. The number of fused-ring (bicyclic) bond motifs is 1. The van der Waals surface area contributed by atoms with Crippen LogP contribution in [0.3, 0.4) is 0 Å². The van der Waals surface area contributed by atoms with Crippen molar-refractivity contribution < 1.29 is 4.39 Å². The molecule has 0 spiro atoms. The Bertz CT molecular complexity index is 986. The SMILES string of the molecule is CCCCCCc1ccc(C#Cc2ccc3cc(CCCC)ccc3c2F)cc1. The van der Waals surface area contributed by atoms with Crippen LogP contribution in [0.1, 0.15) is 74.6 Å². The Hall–Kier alpha value is -2.59. The first-order valence-corrected chi connectivity index (χ1v) is 11.0. The van der Waals surface area contributed by atoms with E-state index in [9.17, 15) is 4.39 Å². The quantitative estimate of drug-likeness (QED) is 0.273. The van der Waals surface area contributed by atoms with Crippen LogP contribution in [0.4, 0.5) is 4.39 Å². The summed E-state index contributed by atoms with van der Waals surface area (Å²) in [4.78, 5) is 0. The Kier molecular flexibility index (Phi) is 7.88. The normalized spacial score (nSPS) is 10.7. The van der Waals surface area contributed by atoms with Crippen LogP contribution in [-0.2, 0) is 12.8 Å². The van der Waals surface area contributed by atoms with Crippen molar-refractivity contribution in [2.24, 2.45) is 0 Å². The highest BCUT2D eigenvalue weighted by Crippen LogP contribution is 2.23. The molecular weight excluding hydrogens is 355 g/mol. The van der Waals surface area contributed by atoms with Gasteiger partial charge in [-0.3, -0.25) is 0 Å². The number of unbranched alkanes of at least 4 members (excludes halogenated alkanes) is 4. The molecule has 0 aliphatic rings. The average molecular weight is 387 g/mol. The van der Waals surface area contributed by atoms with E-state index < -0.39 is 0 Å². The van der Waals surface area contributed by atoms with Crippen LogP contribution in [0, 0.1) is 17.7 Å². The van der Waals surface area contributed by atoms with Gasteiger partial charge in [0.05, 0.1) is 5.56 Å². The Balaban J connectivity index is 1.72. The van der Waals surface area contributed by atoms with Gasteiger partial charge in [-0.2, -0.15) is 0 Å². The summed E-state index contributed by atoms with van der Waals surface area (Å²) < 4.78 is 14.9. The fourth-order valence-corrected chi connectivity index (χ4v) is 3.62. The molecule has 1 heteroatoms. The van der Waals surface area contributed by atoms with Gasteiger partial charge in [-0.25, -0.2) is 4.39 Å². The molecule has 0 atom stereocenters. The van der Waals surface area contributed by atoms with Gasteiger partial charge < -0.3 is 0 Å². The standard InChI is InChI=1S/C28H31F/c1-3-5-7-8-10-22-11-13-23(14-12-22)15-17-25-18-19-26-21-24(9-6-4-2)16-20-27(26)28(25)29/h11-14,16,18-21H,3-10H2,1-2H3. The molecule has 0 nitrogen and oxygen atoms in total. The lowest BCUT2D eigenvalue weighted by atomic mass is 10.0. The molecule has 29 heavy (non-hydrogen) atoms. The Morgan fingerprint density at radius 3 is 2.17 bits per heavy atom. The second-order valence-electron chi connectivity index (χ2n) is 7.84. The minimum absolute atomic E-state index is 0.218. The van der Waals surface area contributed by atoms with Gasteiger partial charge >= 0.3 is 0 Å². The van der Waals surface area contributed by atoms with Gasteiger partial charge in [-0.15, -0.1) is 0 Å². The smallest absolute Gasteiger partial charge is 0.146 e. The third-order valence-corrected chi connectivity index (χ3v) is 5.45. The predicted octanol–water partition coefficient (Wildman–Crippen LogP) is 7.84. The lowest BCUT2D eigenvalue weighted by molar-refractivity contribution is 0.636. The molecule has 0 N–H and O–H groups in total. The summed E-state index contributed by atoms with van der Waals surface area (Å²) in [6.07, 6.45) is 9.59. The molecule has 0 unspecified atom stereocenters. The number of rotatable bonds is 8. The first kappa shape index (κ1) is 21.1. The van der Waals surface area contributed by atoms with E-state index in [1.807, 2.05) is 30.3 Å². The van der Waals surface area contributed by atoms with Crippen LogP contribution in [0.5, 0.6) is 0 Å². The van der Waals surface area contributed by atoms with Crippen molar-refractivity contribution >= 4 is 10.8 Å². The Morgan fingerprint density at radius 2 is 1.41 bits per heavy atom. The molecule has 0 fully saturated rings. The van der Waals surface area contributed by atoms with Gasteiger partial charge in [0.2, 0.25) is 0 Å². The summed E-state index contributed by atoms with van der Waals surface area (Å²) in [5.74, 6) is 5.93. The highest BCUT2D eigenvalue weighted by molar-refractivity contribution is 5.85. The van der Waals surface area contributed by atoms with Gasteiger partial charge in [-0.05, 0) is 60.4 Å². The molecule has 3 aromatic carbocycles. The molecule has 0 heterocycles. The minimum atomic E-state index is -0.218. The van der Waals surface area contributed by atoms with Crippen LogP contribution in [0.2, 0.25) is 0 Å². The molecule has 150 valence electrons. The van der Waals surface area contributed by atoms with E-state index in [2.05, 4.69) is 43.9 Å². The van der Waals surface area contributed by atoms with Gasteiger partial charge in [0, 0.05) is 10.9 Å². The summed E-state index contributed by atoms with van der Waals surface area (Å²) in [5.41, 5.74) is 4.01. The fraction of sp³-hybridized carbons (Fsp3) is 0.357. The zero-order chi connectivity index (χ0) is 20.5. The second-order valence-corrected chi connectivity index (χ2v) is 7.84. The molecule has 0 aliphatic heterocycles. The van der Waals surface area contributed by atoms with Gasteiger partial charge in [-0.1, -0.05) is 87.8 Å². The third-order valence-electron chi connectivity index (χ3n) is 5.45. The molecule has 0 aromatic heterocycles. The number of hydrogen-bond donors (Lipinski definition) is 0. The number of aryl methyl sites for hydroxylation is 2. The first-order chi connectivity index (χ1) is 14.2. The Labute approximate surface area is 175 Å². The lowest BCUT2D eigenvalue weighted by Gasteiger charge is -2.05. The highest BCUT2D eigenvalue weighted by atomic mass is 19.1. The number of halogens is 1. The first-order valence-electron chi connectivity index (χ1n) is 11.0. The summed E-state index contributed by atoms with van der Waals surface area (Å²) in [6, 6.07) is 18.2. The molecule has 0 saturated carbocycles. The molecular formula is C28H31F. The lowest BCUT2D eigenvalue weighted by Crippen LogP contribution is -1.90. The van der Waals surface area contributed by atoms with Crippen molar-refractivity contribution in [3.63, 3.8) is 0 Å².